The average Bonchev–Trinajstić information content (AvgIpc) is 2.58. The van der Waals surface area contributed by atoms with E-state index >= 15 is 0 Å². The van der Waals surface area contributed by atoms with E-state index in [-0.39, 0.29) is 11.8 Å². The lowest BCUT2D eigenvalue weighted by atomic mass is 10.4. The molecule has 0 aliphatic carbocycles. The highest BCUT2D eigenvalue weighted by molar-refractivity contribution is 6.01. The van der Waals surface area contributed by atoms with Gasteiger partial charge in [0.2, 0.25) is 11.8 Å². The number of nitrogens with zero attached hydrogens (tertiary/aromatic N) is 2. The molecule has 2 rings (SSSR count). The fraction of sp³-hybridized carbons (Fsp3) is 0.800. The number of carbonyl (C=O) groups excluding carboxylic acids is 2. The first-order valence-corrected chi connectivity index (χ1v) is 5.40. The van der Waals surface area contributed by atoms with E-state index in [2.05, 4.69) is 4.90 Å². The third-order valence-corrected chi connectivity index (χ3v) is 2.90. The summed E-state index contributed by atoms with van der Waals surface area (Å²) in [6, 6.07) is 0. The first-order valence-electron chi connectivity index (χ1n) is 5.40. The Balaban J connectivity index is 1.76. The molecule has 5 nitrogen and oxygen atoms in total. The molecule has 2 heterocycles. The van der Waals surface area contributed by atoms with Crippen molar-refractivity contribution < 1.29 is 14.3 Å². The van der Waals surface area contributed by atoms with Crippen molar-refractivity contribution in [3.63, 3.8) is 0 Å². The maximum Gasteiger partial charge on any atom is 0.229 e. The van der Waals surface area contributed by atoms with Crippen molar-refractivity contribution in [3.05, 3.63) is 0 Å². The Labute approximate surface area is 89.0 Å². The van der Waals surface area contributed by atoms with E-state index in [9.17, 15) is 9.59 Å². The predicted octanol–water partition coefficient (Wildman–Crippen LogP) is -0.532. The van der Waals surface area contributed by atoms with Gasteiger partial charge in [-0.1, -0.05) is 0 Å². The highest BCUT2D eigenvalue weighted by atomic mass is 16.5. The van der Waals surface area contributed by atoms with Crippen molar-refractivity contribution in [2.45, 2.75) is 12.8 Å². The van der Waals surface area contributed by atoms with E-state index in [4.69, 9.17) is 4.74 Å². The van der Waals surface area contributed by atoms with Crippen molar-refractivity contribution in [2.75, 3.05) is 39.4 Å². The number of morpholine rings is 1. The van der Waals surface area contributed by atoms with Gasteiger partial charge in [-0.2, -0.15) is 0 Å². The Hall–Kier alpha value is -0.940. The second-order valence-corrected chi connectivity index (χ2v) is 3.89. The lowest BCUT2D eigenvalue weighted by Gasteiger charge is -2.27. The minimum absolute atomic E-state index is 0.0201. The molecule has 0 aromatic carbocycles. The number of carbonyl (C=O) groups is 2. The van der Waals surface area contributed by atoms with Crippen LogP contribution in [0.3, 0.4) is 0 Å². The maximum atomic E-state index is 11.3. The van der Waals surface area contributed by atoms with Crippen molar-refractivity contribution in [1.29, 1.82) is 0 Å². The smallest absolute Gasteiger partial charge is 0.229 e. The van der Waals surface area contributed by atoms with E-state index in [1.54, 1.807) is 0 Å². The Morgan fingerprint density at radius 3 is 2.20 bits per heavy atom. The fourth-order valence-corrected chi connectivity index (χ4v) is 1.94. The van der Waals surface area contributed by atoms with Crippen LogP contribution in [0.25, 0.3) is 0 Å². The quantitative estimate of drug-likeness (QED) is 0.590. The molecule has 15 heavy (non-hydrogen) atoms. The lowest BCUT2D eigenvalue weighted by molar-refractivity contribution is -0.138. The lowest BCUT2D eigenvalue weighted by Crippen LogP contribution is -2.42. The molecule has 84 valence electrons. The normalized spacial score (nSPS) is 23.9. The number of amides is 2. The van der Waals surface area contributed by atoms with Crippen LogP contribution in [0.15, 0.2) is 0 Å². The van der Waals surface area contributed by atoms with Crippen LogP contribution in [0.1, 0.15) is 12.8 Å². The molecule has 0 saturated carbocycles. The van der Waals surface area contributed by atoms with Crippen LogP contribution in [0.2, 0.25) is 0 Å². The molecule has 0 aromatic rings. The molecule has 0 unspecified atom stereocenters. The fourth-order valence-electron chi connectivity index (χ4n) is 1.94. The van der Waals surface area contributed by atoms with E-state index < -0.39 is 0 Å². The van der Waals surface area contributed by atoms with Crippen molar-refractivity contribution in [2.24, 2.45) is 0 Å². The zero-order chi connectivity index (χ0) is 10.7. The summed E-state index contributed by atoms with van der Waals surface area (Å²) in [6.45, 7) is 4.62. The van der Waals surface area contributed by atoms with Gasteiger partial charge in [-0.3, -0.25) is 19.4 Å². The van der Waals surface area contributed by atoms with Gasteiger partial charge in [0.25, 0.3) is 0 Å². The minimum Gasteiger partial charge on any atom is -0.379 e. The van der Waals surface area contributed by atoms with Crippen molar-refractivity contribution in [1.82, 2.24) is 9.80 Å². The molecular formula is C10H16N2O3. The molecular weight excluding hydrogens is 196 g/mol. The van der Waals surface area contributed by atoms with Crippen LogP contribution < -0.4 is 0 Å². The Bertz CT molecular complexity index is 245. The van der Waals surface area contributed by atoms with Gasteiger partial charge in [-0.25, -0.2) is 0 Å². The standard InChI is InChI=1S/C10H16N2O3/c13-9-1-2-10(14)12(9)4-3-11-5-7-15-8-6-11/h1-8H2. The van der Waals surface area contributed by atoms with Crippen LogP contribution in [0, 0.1) is 0 Å². The maximum absolute atomic E-state index is 11.3. The third kappa shape index (κ3) is 2.54. The van der Waals surface area contributed by atoms with E-state index in [1.165, 1.54) is 4.90 Å². The first kappa shape index (κ1) is 10.6. The molecule has 2 fully saturated rings. The Morgan fingerprint density at radius 1 is 1.00 bits per heavy atom. The summed E-state index contributed by atoms with van der Waals surface area (Å²) in [7, 11) is 0. The van der Waals surface area contributed by atoms with Crippen LogP contribution in [0.4, 0.5) is 0 Å². The topological polar surface area (TPSA) is 49.9 Å². The molecule has 2 aliphatic rings. The summed E-state index contributed by atoms with van der Waals surface area (Å²) in [5.74, 6) is -0.0403. The molecule has 2 amide bonds. The van der Waals surface area contributed by atoms with Gasteiger partial charge in [0.1, 0.15) is 0 Å². The van der Waals surface area contributed by atoms with Crippen molar-refractivity contribution in [3.8, 4) is 0 Å². The minimum atomic E-state index is -0.0201. The van der Waals surface area contributed by atoms with Gasteiger partial charge >= 0.3 is 0 Å². The van der Waals surface area contributed by atoms with Crippen LogP contribution in [0.5, 0.6) is 0 Å². The predicted molar refractivity (Wildman–Crippen MR) is 53.2 cm³/mol. The molecule has 0 spiro atoms. The highest BCUT2D eigenvalue weighted by Gasteiger charge is 2.28. The molecule has 2 aliphatic heterocycles. The number of hydrogen-bond acceptors (Lipinski definition) is 4. The number of hydrogen-bond donors (Lipinski definition) is 0. The monoisotopic (exact) mass is 212 g/mol. The van der Waals surface area contributed by atoms with Gasteiger partial charge in [-0.15, -0.1) is 0 Å². The number of imide groups is 1. The SMILES string of the molecule is O=C1CCC(=O)N1CCN1CCOCC1. The number of rotatable bonds is 3. The van der Waals surface area contributed by atoms with Gasteiger partial charge < -0.3 is 4.74 Å². The molecule has 5 heteroatoms. The van der Waals surface area contributed by atoms with Crippen LogP contribution in [-0.2, 0) is 14.3 Å². The van der Waals surface area contributed by atoms with E-state index in [0.29, 0.717) is 19.4 Å². The molecule has 0 bridgehead atoms. The van der Waals surface area contributed by atoms with Gasteiger partial charge in [0.05, 0.1) is 13.2 Å². The second kappa shape index (κ2) is 4.72. The summed E-state index contributed by atoms with van der Waals surface area (Å²) in [5.41, 5.74) is 0. The number of likely N-dealkylation sites (tertiary alicyclic amines) is 1. The second-order valence-electron chi connectivity index (χ2n) is 3.89. The van der Waals surface area contributed by atoms with Gasteiger partial charge in [0, 0.05) is 39.0 Å². The van der Waals surface area contributed by atoms with Gasteiger partial charge in [0.15, 0.2) is 0 Å². The van der Waals surface area contributed by atoms with E-state index in [1.807, 2.05) is 0 Å². The van der Waals surface area contributed by atoms with Crippen molar-refractivity contribution >= 4 is 11.8 Å². The Morgan fingerprint density at radius 2 is 1.60 bits per heavy atom. The average molecular weight is 212 g/mol. The Kier molecular flexibility index (Phi) is 3.33. The van der Waals surface area contributed by atoms with Gasteiger partial charge in [-0.05, 0) is 0 Å². The number of ether oxygens (including phenoxy) is 1. The first-order chi connectivity index (χ1) is 7.27. The van der Waals surface area contributed by atoms with Crippen LogP contribution in [-0.4, -0.2) is 61.0 Å². The van der Waals surface area contributed by atoms with E-state index in [0.717, 1.165) is 32.8 Å². The third-order valence-electron chi connectivity index (χ3n) is 2.90. The summed E-state index contributed by atoms with van der Waals surface area (Å²) in [6.07, 6.45) is 0.782. The summed E-state index contributed by atoms with van der Waals surface area (Å²) < 4.78 is 5.22. The highest BCUT2D eigenvalue weighted by Crippen LogP contribution is 2.11. The summed E-state index contributed by atoms with van der Waals surface area (Å²) in [5, 5.41) is 0. The summed E-state index contributed by atoms with van der Waals surface area (Å²) in [4.78, 5) is 26.2. The summed E-state index contributed by atoms with van der Waals surface area (Å²) >= 11 is 0. The molecule has 2 saturated heterocycles. The largest absolute Gasteiger partial charge is 0.379 e. The van der Waals surface area contributed by atoms with Crippen LogP contribution >= 0.6 is 0 Å². The molecule has 0 radical (unpaired) electrons. The zero-order valence-electron chi connectivity index (χ0n) is 8.78. The molecule has 0 N–H and O–H groups in total. The molecule has 0 aromatic heterocycles. The molecule has 0 atom stereocenters. The zero-order valence-corrected chi connectivity index (χ0v) is 8.78.